The van der Waals surface area contributed by atoms with E-state index in [0.29, 0.717) is 19.6 Å². The topological polar surface area (TPSA) is 35.6 Å². The summed E-state index contributed by atoms with van der Waals surface area (Å²) in [6, 6.07) is 30.3. The van der Waals surface area contributed by atoms with Crippen LogP contribution in [0.2, 0.25) is 0 Å². The highest BCUT2D eigenvalue weighted by molar-refractivity contribution is 5.95. The number of nitrogens with one attached hydrogen (secondary N) is 1. The van der Waals surface area contributed by atoms with Crippen LogP contribution in [0.5, 0.6) is 0 Å². The molecule has 1 atom stereocenters. The van der Waals surface area contributed by atoms with Crippen LogP contribution in [0.3, 0.4) is 0 Å². The lowest BCUT2D eigenvalue weighted by atomic mass is 10.2. The molecule has 1 N–H and O–H groups in total. The predicted molar refractivity (Wildman–Crippen MR) is 110 cm³/mol. The molecule has 2 amide bonds. The van der Waals surface area contributed by atoms with Gasteiger partial charge in [-0.25, -0.2) is 4.79 Å². The van der Waals surface area contributed by atoms with Gasteiger partial charge in [0.15, 0.2) is 0 Å². The van der Waals surface area contributed by atoms with Gasteiger partial charge >= 0.3 is 6.03 Å². The largest absolute Gasteiger partial charge is 0.383 e. The number of amides is 2. The molecule has 1 unspecified atom stereocenters. The van der Waals surface area contributed by atoms with Gasteiger partial charge in [-0.1, -0.05) is 66.7 Å². The van der Waals surface area contributed by atoms with Crippen molar-refractivity contribution >= 4 is 17.4 Å². The van der Waals surface area contributed by atoms with Crippen molar-refractivity contribution < 1.29 is 4.79 Å². The maximum atomic E-state index is 13.2. The highest BCUT2D eigenvalue weighted by Gasteiger charge is 2.37. The van der Waals surface area contributed by atoms with Crippen molar-refractivity contribution in [3.05, 3.63) is 96.6 Å². The molecule has 0 saturated carbocycles. The number of carbonyl (C=O) groups is 1. The number of carbonyl (C=O) groups excluding carboxylic acids is 1. The van der Waals surface area contributed by atoms with Gasteiger partial charge < -0.3 is 10.2 Å². The summed E-state index contributed by atoms with van der Waals surface area (Å²) < 4.78 is 0. The molecule has 0 radical (unpaired) electrons. The Bertz CT molecular complexity index is 868. The Morgan fingerprint density at radius 1 is 0.815 bits per heavy atom. The first-order valence-corrected chi connectivity index (χ1v) is 9.27. The fraction of sp³-hybridized carbons (Fsp3) is 0.174. The van der Waals surface area contributed by atoms with Gasteiger partial charge in [-0.3, -0.25) is 4.90 Å². The molecule has 4 rings (SSSR count). The zero-order valence-corrected chi connectivity index (χ0v) is 15.2. The molecular weight excluding hydrogens is 334 g/mol. The van der Waals surface area contributed by atoms with Gasteiger partial charge in [-0.05, 0) is 29.8 Å². The zero-order chi connectivity index (χ0) is 18.5. The van der Waals surface area contributed by atoms with Crippen LogP contribution in [-0.2, 0) is 6.54 Å². The molecule has 0 bridgehead atoms. The molecule has 0 spiro atoms. The number of hydrogen-bond acceptors (Lipinski definition) is 2. The standard InChI is InChI=1S/C23H23N3O/c27-23-25(17-19-10-4-1-5-11-19)18-22(16-24-20-12-6-2-7-13-20)26(23)21-14-8-3-9-15-21/h1-15,22,24H,16-18H2. The lowest BCUT2D eigenvalue weighted by Gasteiger charge is -2.24. The highest BCUT2D eigenvalue weighted by atomic mass is 16.2. The van der Waals surface area contributed by atoms with Crippen molar-refractivity contribution in [2.24, 2.45) is 0 Å². The summed E-state index contributed by atoms with van der Waals surface area (Å²) in [5.41, 5.74) is 3.16. The third-order valence-electron chi connectivity index (χ3n) is 4.84. The van der Waals surface area contributed by atoms with Crippen molar-refractivity contribution in [3.8, 4) is 0 Å². The Labute approximate surface area is 160 Å². The van der Waals surface area contributed by atoms with Crippen molar-refractivity contribution in [2.45, 2.75) is 12.6 Å². The van der Waals surface area contributed by atoms with E-state index in [1.165, 1.54) is 0 Å². The van der Waals surface area contributed by atoms with Crippen LogP contribution < -0.4 is 10.2 Å². The van der Waals surface area contributed by atoms with Gasteiger partial charge in [0.2, 0.25) is 0 Å². The van der Waals surface area contributed by atoms with Crippen molar-refractivity contribution in [3.63, 3.8) is 0 Å². The molecule has 0 aliphatic carbocycles. The average Bonchev–Trinajstić information content (AvgIpc) is 3.04. The van der Waals surface area contributed by atoms with E-state index in [-0.39, 0.29) is 12.1 Å². The normalized spacial score (nSPS) is 16.6. The van der Waals surface area contributed by atoms with Crippen LogP contribution in [0.4, 0.5) is 16.2 Å². The molecule has 4 nitrogen and oxygen atoms in total. The summed E-state index contributed by atoms with van der Waals surface area (Å²) in [6.45, 7) is 2.03. The maximum absolute atomic E-state index is 13.2. The minimum Gasteiger partial charge on any atom is -0.383 e. The van der Waals surface area contributed by atoms with Gasteiger partial charge in [-0.15, -0.1) is 0 Å². The Balaban J connectivity index is 1.54. The van der Waals surface area contributed by atoms with Crippen LogP contribution in [0.15, 0.2) is 91.0 Å². The van der Waals surface area contributed by atoms with Crippen LogP contribution in [-0.4, -0.2) is 30.1 Å². The summed E-state index contributed by atoms with van der Waals surface area (Å²) in [7, 11) is 0. The number of benzene rings is 3. The molecule has 27 heavy (non-hydrogen) atoms. The number of nitrogens with zero attached hydrogens (tertiary/aromatic N) is 2. The number of rotatable bonds is 6. The van der Waals surface area contributed by atoms with Crippen LogP contribution in [0, 0.1) is 0 Å². The highest BCUT2D eigenvalue weighted by Crippen LogP contribution is 2.26. The first-order valence-electron chi connectivity index (χ1n) is 9.27. The van der Waals surface area contributed by atoms with E-state index < -0.39 is 0 Å². The second-order valence-corrected chi connectivity index (χ2v) is 6.75. The number of para-hydroxylation sites is 2. The van der Waals surface area contributed by atoms with E-state index in [9.17, 15) is 4.79 Å². The molecule has 1 saturated heterocycles. The van der Waals surface area contributed by atoms with Crippen LogP contribution in [0.1, 0.15) is 5.56 Å². The lowest BCUT2D eigenvalue weighted by Crippen LogP contribution is -2.38. The van der Waals surface area contributed by atoms with E-state index in [1.807, 2.05) is 88.7 Å². The molecule has 136 valence electrons. The van der Waals surface area contributed by atoms with Gasteiger partial charge in [0, 0.05) is 31.0 Å². The Kier molecular flexibility index (Phi) is 5.06. The molecule has 3 aromatic rings. The monoisotopic (exact) mass is 357 g/mol. The number of urea groups is 1. The SMILES string of the molecule is O=C1N(Cc2ccccc2)CC(CNc2ccccc2)N1c1ccccc1. The summed E-state index contributed by atoms with van der Waals surface area (Å²) in [5.74, 6) is 0. The van der Waals surface area contributed by atoms with Crippen LogP contribution in [0.25, 0.3) is 0 Å². The second kappa shape index (κ2) is 7.96. The second-order valence-electron chi connectivity index (χ2n) is 6.75. The van der Waals surface area contributed by atoms with Gasteiger partial charge in [-0.2, -0.15) is 0 Å². The molecule has 3 aromatic carbocycles. The Hall–Kier alpha value is -3.27. The van der Waals surface area contributed by atoms with E-state index in [2.05, 4.69) is 17.4 Å². The quantitative estimate of drug-likeness (QED) is 0.699. The molecule has 1 aliphatic heterocycles. The third kappa shape index (κ3) is 3.95. The van der Waals surface area contributed by atoms with E-state index in [1.54, 1.807) is 0 Å². The molecule has 0 aromatic heterocycles. The van der Waals surface area contributed by atoms with Gasteiger partial charge in [0.1, 0.15) is 0 Å². The Morgan fingerprint density at radius 3 is 2.07 bits per heavy atom. The number of hydrogen-bond donors (Lipinski definition) is 1. The maximum Gasteiger partial charge on any atom is 0.325 e. The van der Waals surface area contributed by atoms with Crippen molar-refractivity contribution in [1.82, 2.24) is 4.90 Å². The van der Waals surface area contributed by atoms with Gasteiger partial charge in [0.25, 0.3) is 0 Å². The predicted octanol–water partition coefficient (Wildman–Crippen LogP) is 4.61. The fourth-order valence-electron chi connectivity index (χ4n) is 3.52. The first kappa shape index (κ1) is 17.2. The minimum atomic E-state index is 0.0601. The van der Waals surface area contributed by atoms with E-state index in [0.717, 1.165) is 16.9 Å². The molecule has 1 aliphatic rings. The zero-order valence-electron chi connectivity index (χ0n) is 15.2. The van der Waals surface area contributed by atoms with Crippen LogP contribution >= 0.6 is 0 Å². The third-order valence-corrected chi connectivity index (χ3v) is 4.84. The lowest BCUT2D eigenvalue weighted by molar-refractivity contribution is 0.218. The summed E-state index contributed by atoms with van der Waals surface area (Å²) in [5, 5.41) is 3.47. The van der Waals surface area contributed by atoms with Gasteiger partial charge in [0.05, 0.1) is 6.04 Å². The summed E-state index contributed by atoms with van der Waals surface area (Å²) >= 11 is 0. The molecule has 1 heterocycles. The van der Waals surface area contributed by atoms with Crippen molar-refractivity contribution in [1.29, 1.82) is 0 Å². The number of anilines is 2. The fourth-order valence-corrected chi connectivity index (χ4v) is 3.52. The summed E-state index contributed by atoms with van der Waals surface area (Å²) in [6.07, 6.45) is 0. The Morgan fingerprint density at radius 2 is 1.41 bits per heavy atom. The average molecular weight is 357 g/mol. The summed E-state index contributed by atoms with van der Waals surface area (Å²) in [4.78, 5) is 17.0. The minimum absolute atomic E-state index is 0.0601. The van der Waals surface area contributed by atoms with E-state index >= 15 is 0 Å². The first-order chi connectivity index (χ1) is 13.3. The molecule has 1 fully saturated rings. The molecule has 4 heteroatoms. The van der Waals surface area contributed by atoms with Crippen molar-refractivity contribution in [2.75, 3.05) is 23.3 Å². The molecular formula is C23H23N3O. The van der Waals surface area contributed by atoms with E-state index in [4.69, 9.17) is 0 Å². The smallest absolute Gasteiger partial charge is 0.325 e.